The van der Waals surface area contributed by atoms with Gasteiger partial charge in [0.05, 0.1) is 11.4 Å². The Hall–Kier alpha value is -2.44. The Labute approximate surface area is 155 Å². The number of rotatable bonds is 4. The number of aryl methyl sites for hydroxylation is 2. The Bertz CT molecular complexity index is 941. The number of anilines is 1. The molecule has 0 fully saturated rings. The highest BCUT2D eigenvalue weighted by Crippen LogP contribution is 2.26. The van der Waals surface area contributed by atoms with Crippen LogP contribution in [0.2, 0.25) is 5.02 Å². The number of halogens is 1. The number of carbonyl (C=O) groups excluding carboxylic acids is 1. The molecule has 0 aliphatic carbocycles. The van der Waals surface area contributed by atoms with Crippen LogP contribution in [0, 0.1) is 13.8 Å². The average molecular weight is 373 g/mol. The number of carbonyl (C=O) groups is 1. The van der Waals surface area contributed by atoms with Crippen LogP contribution in [0.15, 0.2) is 35.7 Å². The van der Waals surface area contributed by atoms with Gasteiger partial charge in [-0.3, -0.25) is 14.8 Å². The highest BCUT2D eigenvalue weighted by Gasteiger charge is 2.08. The van der Waals surface area contributed by atoms with Crippen LogP contribution in [-0.4, -0.2) is 20.7 Å². The summed E-state index contributed by atoms with van der Waals surface area (Å²) >= 11 is 7.28. The van der Waals surface area contributed by atoms with Crippen LogP contribution in [0.1, 0.15) is 17.0 Å². The van der Waals surface area contributed by atoms with Crippen LogP contribution in [0.4, 0.5) is 5.13 Å². The molecule has 128 valence electrons. The zero-order valence-corrected chi connectivity index (χ0v) is 15.6. The van der Waals surface area contributed by atoms with Crippen LogP contribution in [0.25, 0.3) is 17.3 Å². The second-order valence-corrected chi connectivity index (χ2v) is 6.87. The molecule has 0 bridgehead atoms. The number of thiazole rings is 1. The van der Waals surface area contributed by atoms with E-state index in [1.807, 2.05) is 50.5 Å². The van der Waals surface area contributed by atoms with Crippen LogP contribution in [-0.2, 0) is 11.8 Å². The first-order valence-electron chi connectivity index (χ1n) is 7.65. The first-order valence-corrected chi connectivity index (χ1v) is 8.90. The standard InChI is InChI=1S/C18H17ClN4OS/c1-11-15(12(2)23(3)22-11)8-9-17(24)21-18-20-16(10-25-18)13-4-6-14(19)7-5-13/h4-10H,1-3H3,(H,20,21,24)/b9-8+. The number of hydrogen-bond donors (Lipinski definition) is 1. The Morgan fingerprint density at radius 1 is 1.28 bits per heavy atom. The molecule has 0 saturated heterocycles. The molecular formula is C18H17ClN4OS. The molecule has 0 spiro atoms. The fourth-order valence-corrected chi connectivity index (χ4v) is 3.27. The summed E-state index contributed by atoms with van der Waals surface area (Å²) in [4.78, 5) is 16.6. The smallest absolute Gasteiger partial charge is 0.250 e. The van der Waals surface area contributed by atoms with Gasteiger partial charge in [-0.05, 0) is 32.1 Å². The van der Waals surface area contributed by atoms with Crippen molar-refractivity contribution in [2.24, 2.45) is 7.05 Å². The van der Waals surface area contributed by atoms with Crippen molar-refractivity contribution in [1.82, 2.24) is 14.8 Å². The molecule has 0 aliphatic heterocycles. The van der Waals surface area contributed by atoms with Crippen LogP contribution in [0.3, 0.4) is 0 Å². The van der Waals surface area contributed by atoms with Gasteiger partial charge in [-0.15, -0.1) is 11.3 Å². The molecule has 2 aromatic heterocycles. The lowest BCUT2D eigenvalue weighted by atomic mass is 10.2. The summed E-state index contributed by atoms with van der Waals surface area (Å²) < 4.78 is 1.80. The fourth-order valence-electron chi connectivity index (χ4n) is 2.42. The first-order chi connectivity index (χ1) is 11.9. The van der Waals surface area contributed by atoms with E-state index in [4.69, 9.17) is 11.6 Å². The number of nitrogens with one attached hydrogen (secondary N) is 1. The topological polar surface area (TPSA) is 59.8 Å². The third-order valence-electron chi connectivity index (χ3n) is 3.84. The van der Waals surface area contributed by atoms with E-state index >= 15 is 0 Å². The molecule has 3 rings (SSSR count). The van der Waals surface area contributed by atoms with Crippen molar-refractivity contribution in [3.05, 3.63) is 57.7 Å². The van der Waals surface area contributed by atoms with E-state index in [-0.39, 0.29) is 5.91 Å². The molecule has 1 N–H and O–H groups in total. The van der Waals surface area contributed by atoms with Gasteiger partial charge in [0.2, 0.25) is 5.91 Å². The molecular weight excluding hydrogens is 356 g/mol. The summed E-state index contributed by atoms with van der Waals surface area (Å²) in [6.45, 7) is 3.89. The lowest BCUT2D eigenvalue weighted by Crippen LogP contribution is -2.07. The van der Waals surface area contributed by atoms with E-state index in [0.717, 1.165) is 28.2 Å². The minimum absolute atomic E-state index is 0.223. The van der Waals surface area contributed by atoms with E-state index in [1.165, 1.54) is 17.4 Å². The molecule has 1 amide bonds. The van der Waals surface area contributed by atoms with E-state index in [2.05, 4.69) is 15.4 Å². The number of aromatic nitrogens is 3. The lowest BCUT2D eigenvalue weighted by Gasteiger charge is -1.98. The van der Waals surface area contributed by atoms with Gasteiger partial charge >= 0.3 is 0 Å². The predicted molar refractivity (Wildman–Crippen MR) is 103 cm³/mol. The number of benzene rings is 1. The van der Waals surface area contributed by atoms with Gasteiger partial charge in [-0.25, -0.2) is 4.98 Å². The van der Waals surface area contributed by atoms with E-state index in [1.54, 1.807) is 10.8 Å². The van der Waals surface area contributed by atoms with Crippen LogP contribution in [0.5, 0.6) is 0 Å². The van der Waals surface area contributed by atoms with Crippen molar-refractivity contribution < 1.29 is 4.79 Å². The lowest BCUT2D eigenvalue weighted by molar-refractivity contribution is -0.111. The molecule has 25 heavy (non-hydrogen) atoms. The molecule has 1 aromatic carbocycles. The molecule has 5 nitrogen and oxygen atoms in total. The maximum atomic E-state index is 12.1. The maximum Gasteiger partial charge on any atom is 0.250 e. The maximum absolute atomic E-state index is 12.1. The second kappa shape index (κ2) is 7.21. The molecule has 0 unspecified atom stereocenters. The normalized spacial score (nSPS) is 11.2. The average Bonchev–Trinajstić information content (AvgIpc) is 3.12. The predicted octanol–water partition coefficient (Wildman–Crippen LogP) is 4.47. The number of nitrogens with zero attached hydrogens (tertiary/aromatic N) is 3. The Morgan fingerprint density at radius 3 is 2.64 bits per heavy atom. The summed E-state index contributed by atoms with van der Waals surface area (Å²) in [5.74, 6) is -0.223. The molecule has 0 aliphatic rings. The van der Waals surface area contributed by atoms with Crippen molar-refractivity contribution in [2.75, 3.05) is 5.32 Å². The number of amides is 1. The zero-order valence-electron chi connectivity index (χ0n) is 14.1. The van der Waals surface area contributed by atoms with Crippen LogP contribution < -0.4 is 5.32 Å². The first kappa shape index (κ1) is 17.4. The quantitative estimate of drug-likeness (QED) is 0.687. The van der Waals surface area contributed by atoms with Crippen molar-refractivity contribution in [3.63, 3.8) is 0 Å². The summed E-state index contributed by atoms with van der Waals surface area (Å²) in [6.07, 6.45) is 3.28. The van der Waals surface area contributed by atoms with E-state index in [9.17, 15) is 4.79 Å². The Balaban J connectivity index is 1.69. The second-order valence-electron chi connectivity index (χ2n) is 5.58. The van der Waals surface area contributed by atoms with Crippen molar-refractivity contribution >= 4 is 40.1 Å². The highest BCUT2D eigenvalue weighted by atomic mass is 35.5. The Kier molecular flexibility index (Phi) is 5.01. The fraction of sp³-hybridized carbons (Fsp3) is 0.167. The third-order valence-corrected chi connectivity index (χ3v) is 4.85. The Morgan fingerprint density at radius 2 is 2.00 bits per heavy atom. The molecule has 0 saturated carbocycles. The summed E-state index contributed by atoms with van der Waals surface area (Å²) in [7, 11) is 1.88. The SMILES string of the molecule is Cc1nn(C)c(C)c1/C=C/C(=O)Nc1nc(-c2ccc(Cl)cc2)cs1. The molecule has 2 heterocycles. The van der Waals surface area contributed by atoms with Gasteiger partial charge in [0.1, 0.15) is 0 Å². The minimum Gasteiger partial charge on any atom is -0.298 e. The van der Waals surface area contributed by atoms with Gasteiger partial charge in [0.15, 0.2) is 5.13 Å². The van der Waals surface area contributed by atoms with Gasteiger partial charge in [-0.2, -0.15) is 5.10 Å². The third kappa shape index (κ3) is 3.97. The molecule has 7 heteroatoms. The van der Waals surface area contributed by atoms with Crippen molar-refractivity contribution in [2.45, 2.75) is 13.8 Å². The molecule has 0 radical (unpaired) electrons. The van der Waals surface area contributed by atoms with E-state index in [0.29, 0.717) is 10.2 Å². The zero-order chi connectivity index (χ0) is 18.0. The van der Waals surface area contributed by atoms with Gasteiger partial charge in [-0.1, -0.05) is 23.7 Å². The van der Waals surface area contributed by atoms with Crippen molar-refractivity contribution in [1.29, 1.82) is 0 Å². The van der Waals surface area contributed by atoms with Crippen LogP contribution >= 0.6 is 22.9 Å². The molecule has 3 aromatic rings. The minimum atomic E-state index is -0.223. The summed E-state index contributed by atoms with van der Waals surface area (Å²) in [5.41, 5.74) is 4.63. The van der Waals surface area contributed by atoms with Crippen molar-refractivity contribution in [3.8, 4) is 11.3 Å². The summed E-state index contributed by atoms with van der Waals surface area (Å²) in [5, 5.41) is 10.3. The van der Waals surface area contributed by atoms with Gasteiger partial charge in [0, 0.05) is 40.3 Å². The largest absolute Gasteiger partial charge is 0.298 e. The summed E-state index contributed by atoms with van der Waals surface area (Å²) in [6, 6.07) is 7.43. The molecule has 0 atom stereocenters. The highest BCUT2D eigenvalue weighted by molar-refractivity contribution is 7.14. The van der Waals surface area contributed by atoms with Gasteiger partial charge in [0.25, 0.3) is 0 Å². The number of hydrogen-bond acceptors (Lipinski definition) is 4. The monoisotopic (exact) mass is 372 g/mol. The van der Waals surface area contributed by atoms with E-state index < -0.39 is 0 Å². The van der Waals surface area contributed by atoms with Gasteiger partial charge < -0.3 is 0 Å².